The fourth-order valence-electron chi connectivity index (χ4n) is 3.71. The molecule has 0 bridgehead atoms. The average Bonchev–Trinajstić information content (AvgIpc) is 2.79. The number of nitrogens with one attached hydrogen (secondary N) is 2. The number of alkyl halides is 3. The lowest BCUT2D eigenvalue weighted by atomic mass is 10.0. The molecule has 9 heteroatoms. The van der Waals surface area contributed by atoms with Gasteiger partial charge in [-0.15, -0.1) is 0 Å². The lowest BCUT2D eigenvalue weighted by Gasteiger charge is -2.44. The van der Waals surface area contributed by atoms with E-state index in [1.165, 1.54) is 36.7 Å². The van der Waals surface area contributed by atoms with Crippen molar-refractivity contribution in [3.8, 4) is 11.1 Å². The monoisotopic (exact) mass is 451 g/mol. The zero-order valence-electron chi connectivity index (χ0n) is 17.4. The van der Waals surface area contributed by atoms with E-state index in [1.54, 1.807) is 0 Å². The molecule has 0 spiro atoms. The molecular formula is C22H28F3N5S. The van der Waals surface area contributed by atoms with E-state index in [9.17, 15) is 13.2 Å². The van der Waals surface area contributed by atoms with Crippen molar-refractivity contribution in [1.82, 2.24) is 15.0 Å². The summed E-state index contributed by atoms with van der Waals surface area (Å²) in [6, 6.07) is 12.8. The summed E-state index contributed by atoms with van der Waals surface area (Å²) in [6.07, 6.45) is 0.595. The minimum atomic E-state index is -4.33. The molecule has 2 aromatic carbocycles. The van der Waals surface area contributed by atoms with Crippen LogP contribution < -0.4 is 21.7 Å². The molecule has 1 unspecified atom stereocenters. The van der Waals surface area contributed by atoms with E-state index < -0.39 is 17.4 Å². The second-order valence-electron chi connectivity index (χ2n) is 7.65. The first-order valence-electron chi connectivity index (χ1n) is 10.1. The number of halogens is 3. The number of hydrazine groups is 1. The third kappa shape index (κ3) is 5.54. The molecule has 31 heavy (non-hydrogen) atoms. The molecule has 1 fully saturated rings. The van der Waals surface area contributed by atoms with Crippen LogP contribution in [0.2, 0.25) is 0 Å². The van der Waals surface area contributed by atoms with Crippen molar-refractivity contribution in [2.75, 3.05) is 13.1 Å². The molecule has 168 valence electrons. The number of nitrogens with two attached hydrogens (primary N) is 2. The Kier molecular flexibility index (Phi) is 7.53. The predicted octanol–water partition coefficient (Wildman–Crippen LogP) is 4.43. The Morgan fingerprint density at radius 3 is 2.00 bits per heavy atom. The van der Waals surface area contributed by atoms with E-state index in [0.29, 0.717) is 5.70 Å². The Hall–Kier alpha value is -2.20. The van der Waals surface area contributed by atoms with Gasteiger partial charge in [0, 0.05) is 24.2 Å². The summed E-state index contributed by atoms with van der Waals surface area (Å²) in [6.45, 7) is 3.92. The first-order chi connectivity index (χ1) is 14.8. The van der Waals surface area contributed by atoms with Gasteiger partial charge in [0.2, 0.25) is 0 Å². The summed E-state index contributed by atoms with van der Waals surface area (Å²) in [5, 5.41) is 0. The van der Waals surface area contributed by atoms with Crippen LogP contribution in [-0.4, -0.2) is 23.7 Å². The van der Waals surface area contributed by atoms with E-state index in [0.717, 1.165) is 54.1 Å². The van der Waals surface area contributed by atoms with Gasteiger partial charge >= 0.3 is 6.18 Å². The highest BCUT2D eigenvalue weighted by atomic mass is 32.2. The van der Waals surface area contributed by atoms with Crippen molar-refractivity contribution in [1.29, 1.82) is 0 Å². The molecule has 1 aliphatic heterocycles. The van der Waals surface area contributed by atoms with Crippen molar-refractivity contribution in [2.24, 2.45) is 11.6 Å². The molecule has 6 N–H and O–H groups in total. The SMILES string of the molecule is CC(NSc1ccc(-c2ccc(C(F)(F)F)cc2)cc1)(/C(=C/N)NN)N1CCCCC1. The predicted molar refractivity (Wildman–Crippen MR) is 119 cm³/mol. The summed E-state index contributed by atoms with van der Waals surface area (Å²) in [5.41, 5.74) is 9.57. The lowest BCUT2D eigenvalue weighted by molar-refractivity contribution is -0.137. The van der Waals surface area contributed by atoms with Gasteiger partial charge in [0.05, 0.1) is 11.3 Å². The summed E-state index contributed by atoms with van der Waals surface area (Å²) >= 11 is 1.46. The quantitative estimate of drug-likeness (QED) is 0.283. The van der Waals surface area contributed by atoms with Crippen molar-refractivity contribution < 1.29 is 13.2 Å². The van der Waals surface area contributed by atoms with Crippen molar-refractivity contribution in [3.63, 3.8) is 0 Å². The molecular weight excluding hydrogens is 423 g/mol. The molecule has 1 atom stereocenters. The maximum Gasteiger partial charge on any atom is 0.416 e. The van der Waals surface area contributed by atoms with Crippen LogP contribution in [0.5, 0.6) is 0 Å². The summed E-state index contributed by atoms with van der Waals surface area (Å²) in [4.78, 5) is 3.28. The number of hydrogen-bond acceptors (Lipinski definition) is 6. The van der Waals surface area contributed by atoms with Crippen molar-refractivity contribution in [2.45, 2.75) is 42.9 Å². The normalized spacial score (nSPS) is 17.9. The minimum absolute atomic E-state index is 0.569. The lowest BCUT2D eigenvalue weighted by Crippen LogP contribution is -2.60. The second kappa shape index (κ2) is 9.95. The Morgan fingerprint density at radius 2 is 1.52 bits per heavy atom. The van der Waals surface area contributed by atoms with Gasteiger partial charge in [0.15, 0.2) is 0 Å². The van der Waals surface area contributed by atoms with Crippen LogP contribution >= 0.6 is 11.9 Å². The van der Waals surface area contributed by atoms with Gasteiger partial charge in [-0.25, -0.2) is 4.72 Å². The third-order valence-electron chi connectivity index (χ3n) is 5.60. The third-order valence-corrected chi connectivity index (χ3v) is 6.61. The van der Waals surface area contributed by atoms with Gasteiger partial charge in [-0.05, 0) is 67.1 Å². The fourth-order valence-corrected chi connectivity index (χ4v) is 4.54. The summed E-state index contributed by atoms with van der Waals surface area (Å²) in [7, 11) is 0. The highest BCUT2D eigenvalue weighted by Gasteiger charge is 2.36. The first-order valence-corrected chi connectivity index (χ1v) is 11.0. The topological polar surface area (TPSA) is 79.3 Å². The highest BCUT2D eigenvalue weighted by Crippen LogP contribution is 2.32. The molecule has 2 aromatic rings. The Morgan fingerprint density at radius 1 is 0.968 bits per heavy atom. The van der Waals surface area contributed by atoms with E-state index in [4.69, 9.17) is 11.6 Å². The van der Waals surface area contributed by atoms with Crippen molar-refractivity contribution >= 4 is 11.9 Å². The number of hydrogen-bond donors (Lipinski definition) is 4. The fraction of sp³-hybridized carbons (Fsp3) is 0.364. The maximum atomic E-state index is 12.8. The van der Waals surface area contributed by atoms with Crippen molar-refractivity contribution in [3.05, 3.63) is 66.0 Å². The van der Waals surface area contributed by atoms with Crippen LogP contribution in [0.15, 0.2) is 65.3 Å². The van der Waals surface area contributed by atoms with Gasteiger partial charge in [-0.2, -0.15) is 13.2 Å². The van der Waals surface area contributed by atoms with Crippen LogP contribution in [0.4, 0.5) is 13.2 Å². The molecule has 0 aromatic heterocycles. The Balaban J connectivity index is 1.72. The molecule has 1 aliphatic rings. The molecule has 5 nitrogen and oxygen atoms in total. The van der Waals surface area contributed by atoms with Gasteiger partial charge in [0.1, 0.15) is 5.66 Å². The van der Waals surface area contributed by atoms with E-state index in [2.05, 4.69) is 15.0 Å². The van der Waals surface area contributed by atoms with E-state index in [1.807, 2.05) is 31.2 Å². The zero-order valence-corrected chi connectivity index (χ0v) is 18.2. The molecule has 3 rings (SSSR count). The largest absolute Gasteiger partial charge is 0.416 e. The standard InChI is InChI=1S/C22H28F3N5S/c1-21(20(15-26)28-27,30-13-3-2-4-14-30)29-31-19-11-7-17(8-12-19)16-5-9-18(10-6-16)22(23,24)25/h5-12,15,28-29H,2-4,13-14,26-27H2,1H3/b20-15-. The summed E-state index contributed by atoms with van der Waals surface area (Å²) < 4.78 is 41.8. The summed E-state index contributed by atoms with van der Waals surface area (Å²) in [5.74, 6) is 5.72. The van der Waals surface area contributed by atoms with Crippen LogP contribution in [-0.2, 0) is 6.18 Å². The van der Waals surface area contributed by atoms with E-state index in [-0.39, 0.29) is 0 Å². The number of likely N-dealkylation sites (tertiary alicyclic amines) is 1. The molecule has 1 heterocycles. The van der Waals surface area contributed by atoms with Gasteiger partial charge in [0.25, 0.3) is 0 Å². The van der Waals surface area contributed by atoms with Gasteiger partial charge in [-0.3, -0.25) is 10.7 Å². The molecule has 0 amide bonds. The van der Waals surface area contributed by atoms with Crippen LogP contribution in [0.3, 0.4) is 0 Å². The maximum absolute atomic E-state index is 12.8. The van der Waals surface area contributed by atoms with Gasteiger partial charge in [-0.1, -0.05) is 30.7 Å². The molecule has 1 saturated heterocycles. The number of piperidine rings is 1. The highest BCUT2D eigenvalue weighted by molar-refractivity contribution is 7.97. The van der Waals surface area contributed by atoms with Crippen LogP contribution in [0.25, 0.3) is 11.1 Å². The van der Waals surface area contributed by atoms with Crippen LogP contribution in [0, 0.1) is 0 Å². The molecule has 0 saturated carbocycles. The number of benzene rings is 2. The zero-order chi connectivity index (χ0) is 22.5. The Labute approximate surface area is 185 Å². The molecule has 0 radical (unpaired) electrons. The smallest absolute Gasteiger partial charge is 0.403 e. The van der Waals surface area contributed by atoms with Gasteiger partial charge < -0.3 is 11.2 Å². The average molecular weight is 452 g/mol. The first kappa shape index (κ1) is 23.5. The number of nitrogens with zero attached hydrogens (tertiary/aromatic N) is 1. The molecule has 0 aliphatic carbocycles. The minimum Gasteiger partial charge on any atom is -0.403 e. The second-order valence-corrected chi connectivity index (χ2v) is 8.53. The number of rotatable bonds is 7. The van der Waals surface area contributed by atoms with Crippen LogP contribution in [0.1, 0.15) is 31.7 Å². The Bertz CT molecular complexity index is 878. The van der Waals surface area contributed by atoms with E-state index >= 15 is 0 Å².